The topological polar surface area (TPSA) is 89.8 Å². The average Bonchev–Trinajstić information content (AvgIpc) is 3.73. The molecule has 5 heterocycles. The maximum absolute atomic E-state index is 14.4. The van der Waals surface area contributed by atoms with Crippen LogP contribution in [0.15, 0.2) is 72.9 Å². The number of nitrogens with zero attached hydrogens (tertiary/aromatic N) is 5. The molecule has 11 heteroatoms. The lowest BCUT2D eigenvalue weighted by Gasteiger charge is -2.38. The highest BCUT2D eigenvalue weighted by molar-refractivity contribution is 7.18. The Balaban J connectivity index is 1.31. The van der Waals surface area contributed by atoms with Gasteiger partial charge < -0.3 is 19.3 Å². The molecule has 0 unspecified atom stereocenters. The Hall–Kier alpha value is -5.03. The fourth-order valence-electron chi connectivity index (χ4n) is 6.35. The molecule has 9 nitrogen and oxygen atoms in total. The first kappa shape index (κ1) is 31.6. The third kappa shape index (κ3) is 5.83. The summed E-state index contributed by atoms with van der Waals surface area (Å²) in [6, 6.07) is 13.0. The summed E-state index contributed by atoms with van der Waals surface area (Å²) in [5.74, 6) is -0.0740. The zero-order valence-corrected chi connectivity index (χ0v) is 28.1. The van der Waals surface area contributed by atoms with E-state index in [2.05, 4.69) is 35.9 Å². The predicted octanol–water partition coefficient (Wildman–Crippen LogP) is 7.50. The molecule has 0 radical (unpaired) electrons. The van der Waals surface area contributed by atoms with Crippen molar-refractivity contribution in [3.63, 3.8) is 0 Å². The van der Waals surface area contributed by atoms with Crippen molar-refractivity contribution in [3.8, 4) is 39.4 Å². The summed E-state index contributed by atoms with van der Waals surface area (Å²) in [7, 11) is 1.54. The maximum atomic E-state index is 14.4. The molecule has 0 N–H and O–H groups in total. The van der Waals surface area contributed by atoms with Crippen LogP contribution in [0.3, 0.4) is 0 Å². The van der Waals surface area contributed by atoms with Crippen molar-refractivity contribution in [3.05, 3.63) is 89.8 Å². The van der Waals surface area contributed by atoms with Crippen LogP contribution in [0.5, 0.6) is 5.75 Å². The molecule has 0 spiro atoms. The summed E-state index contributed by atoms with van der Waals surface area (Å²) in [5, 5.41) is 7.69. The van der Waals surface area contributed by atoms with Gasteiger partial charge in [0.05, 0.1) is 30.7 Å². The molecule has 2 aromatic carbocycles. The highest BCUT2D eigenvalue weighted by atomic mass is 32.1. The summed E-state index contributed by atoms with van der Waals surface area (Å²) in [6.45, 7) is 11.4. The van der Waals surface area contributed by atoms with Gasteiger partial charge in [-0.1, -0.05) is 18.7 Å². The molecule has 7 rings (SSSR count). The summed E-state index contributed by atoms with van der Waals surface area (Å²) in [5.41, 5.74) is 6.54. The van der Waals surface area contributed by atoms with Crippen LogP contribution in [0.2, 0.25) is 0 Å². The maximum Gasteiger partial charge on any atom is 0.410 e. The number of hydrogen-bond acceptors (Lipinski definition) is 7. The number of pyridine rings is 1. The molecule has 48 heavy (non-hydrogen) atoms. The number of benzene rings is 2. The van der Waals surface area contributed by atoms with Gasteiger partial charge in [0.1, 0.15) is 17.2 Å². The number of amides is 2. The predicted molar refractivity (Wildman–Crippen MR) is 184 cm³/mol. The highest BCUT2D eigenvalue weighted by Crippen LogP contribution is 2.46. The Morgan fingerprint density at radius 3 is 2.60 bits per heavy atom. The largest absolute Gasteiger partial charge is 0.496 e. The molecule has 2 amide bonds. The number of halogens is 1. The van der Waals surface area contributed by atoms with Crippen LogP contribution in [0.25, 0.3) is 43.7 Å². The summed E-state index contributed by atoms with van der Waals surface area (Å²) in [4.78, 5) is 33.6. The van der Waals surface area contributed by atoms with E-state index < -0.39 is 5.60 Å². The molecule has 246 valence electrons. The fourth-order valence-corrected chi connectivity index (χ4v) is 7.31. The molecular weight excluding hydrogens is 630 g/mol. The monoisotopic (exact) mass is 665 g/mol. The second kappa shape index (κ2) is 12.2. The van der Waals surface area contributed by atoms with Gasteiger partial charge in [-0.3, -0.25) is 9.48 Å². The number of carbonyl (C=O) groups excluding carboxylic acids is 2. The van der Waals surface area contributed by atoms with Gasteiger partial charge in [0, 0.05) is 70.8 Å². The molecule has 5 aromatic rings. The van der Waals surface area contributed by atoms with E-state index >= 15 is 0 Å². The highest BCUT2D eigenvalue weighted by Gasteiger charge is 2.32. The zero-order chi connectivity index (χ0) is 33.7. The van der Waals surface area contributed by atoms with E-state index in [9.17, 15) is 14.0 Å². The summed E-state index contributed by atoms with van der Waals surface area (Å²) < 4.78 is 28.5. The number of carbonyl (C=O) groups is 2. The standard InChI is InChI=1S/C37H36FN5O4S/c1-6-31(44)42-20-27(21-42)43-19-25(17-39-43)34-32(28-10-9-26(38)16-30(28)46-5)35-29(12-14-48-35)33(40-34)23-7-8-24-18-41(13-11-22(24)15-23)36(45)47-37(2,3)4/h6-10,12,14-17,19,27H,1,11,13,18,20-21H2,2-5H3. The lowest BCUT2D eigenvalue weighted by Crippen LogP contribution is -2.50. The van der Waals surface area contributed by atoms with Crippen LogP contribution in [0.1, 0.15) is 37.9 Å². The molecule has 3 aromatic heterocycles. The summed E-state index contributed by atoms with van der Waals surface area (Å²) in [6.07, 6.45) is 5.47. The van der Waals surface area contributed by atoms with Crippen molar-refractivity contribution in [2.24, 2.45) is 0 Å². The van der Waals surface area contributed by atoms with E-state index in [0.29, 0.717) is 44.0 Å². The van der Waals surface area contributed by atoms with E-state index in [1.807, 2.05) is 37.0 Å². The van der Waals surface area contributed by atoms with Crippen molar-refractivity contribution in [2.75, 3.05) is 26.7 Å². The molecule has 0 bridgehead atoms. The van der Waals surface area contributed by atoms with Gasteiger partial charge in [0.25, 0.3) is 0 Å². The average molecular weight is 666 g/mol. The van der Waals surface area contributed by atoms with Crippen LogP contribution < -0.4 is 4.74 Å². The van der Waals surface area contributed by atoms with Gasteiger partial charge in [0.15, 0.2) is 0 Å². The molecular formula is C37H36FN5O4S. The Morgan fingerprint density at radius 2 is 1.85 bits per heavy atom. The third-order valence-electron chi connectivity index (χ3n) is 8.78. The molecule has 0 atom stereocenters. The van der Waals surface area contributed by atoms with Gasteiger partial charge in [-0.15, -0.1) is 11.3 Å². The zero-order valence-electron chi connectivity index (χ0n) is 27.3. The first-order chi connectivity index (χ1) is 23.0. The van der Waals surface area contributed by atoms with E-state index in [1.165, 1.54) is 30.9 Å². The minimum atomic E-state index is -0.556. The Morgan fingerprint density at radius 1 is 1.04 bits per heavy atom. The van der Waals surface area contributed by atoms with Crippen molar-refractivity contribution >= 4 is 33.4 Å². The molecule has 2 aliphatic heterocycles. The number of aromatic nitrogens is 3. The molecule has 1 fully saturated rings. The minimum Gasteiger partial charge on any atom is -0.496 e. The Kier molecular flexibility index (Phi) is 8.03. The van der Waals surface area contributed by atoms with Gasteiger partial charge >= 0.3 is 6.09 Å². The number of methoxy groups -OCH3 is 1. The van der Waals surface area contributed by atoms with E-state index in [-0.39, 0.29) is 23.9 Å². The number of rotatable bonds is 6. The second-order valence-electron chi connectivity index (χ2n) is 13.1. The minimum absolute atomic E-state index is 0.0392. The fraction of sp³-hybridized carbons (Fsp3) is 0.297. The molecule has 0 aliphatic carbocycles. The summed E-state index contributed by atoms with van der Waals surface area (Å²) >= 11 is 1.59. The lowest BCUT2D eigenvalue weighted by atomic mass is 9.93. The van der Waals surface area contributed by atoms with Crippen molar-refractivity contribution in [1.82, 2.24) is 24.6 Å². The van der Waals surface area contributed by atoms with Crippen molar-refractivity contribution < 1.29 is 23.5 Å². The molecule has 0 saturated carbocycles. The SMILES string of the molecule is C=CC(=O)N1CC(n2cc(-c3nc(-c4ccc5c(c4)CCN(C(=O)OC(C)(C)C)C5)c4ccsc4c3-c3ccc(F)cc3OC)cn2)C1. The van der Waals surface area contributed by atoms with Gasteiger partial charge in [-0.2, -0.15) is 5.10 Å². The van der Waals surface area contributed by atoms with Crippen LogP contribution >= 0.6 is 11.3 Å². The molecule has 1 saturated heterocycles. The van der Waals surface area contributed by atoms with Gasteiger partial charge in [-0.25, -0.2) is 14.2 Å². The number of fused-ring (bicyclic) bond motifs is 2. The van der Waals surface area contributed by atoms with E-state index in [4.69, 9.17) is 14.5 Å². The first-order valence-corrected chi connectivity index (χ1v) is 16.7. The Labute approximate surface area is 282 Å². The second-order valence-corrected chi connectivity index (χ2v) is 14.1. The third-order valence-corrected chi connectivity index (χ3v) is 9.71. The van der Waals surface area contributed by atoms with Gasteiger partial charge in [0.2, 0.25) is 5.91 Å². The van der Waals surface area contributed by atoms with Crippen LogP contribution in [0, 0.1) is 5.82 Å². The quantitative estimate of drug-likeness (QED) is 0.175. The number of likely N-dealkylation sites (tertiary alicyclic amines) is 1. The van der Waals surface area contributed by atoms with Gasteiger partial charge in [-0.05, 0) is 74.0 Å². The number of thiophene rings is 1. The number of hydrogen-bond donors (Lipinski definition) is 0. The van der Waals surface area contributed by atoms with Crippen LogP contribution in [-0.2, 0) is 22.5 Å². The van der Waals surface area contributed by atoms with E-state index in [0.717, 1.165) is 43.6 Å². The van der Waals surface area contributed by atoms with Crippen LogP contribution in [-0.4, -0.2) is 68.9 Å². The van der Waals surface area contributed by atoms with E-state index in [1.54, 1.807) is 33.4 Å². The first-order valence-electron chi connectivity index (χ1n) is 15.8. The number of ether oxygens (including phenoxy) is 2. The lowest BCUT2D eigenvalue weighted by molar-refractivity contribution is -0.131. The van der Waals surface area contributed by atoms with Crippen LogP contribution in [0.4, 0.5) is 9.18 Å². The van der Waals surface area contributed by atoms with Crippen molar-refractivity contribution in [2.45, 2.75) is 45.4 Å². The smallest absolute Gasteiger partial charge is 0.410 e. The normalized spacial score (nSPS) is 14.9. The Bertz CT molecular complexity index is 2070. The van der Waals surface area contributed by atoms with Crippen molar-refractivity contribution in [1.29, 1.82) is 0 Å². The molecule has 2 aliphatic rings.